The van der Waals surface area contributed by atoms with E-state index in [1.165, 1.54) is 0 Å². The van der Waals surface area contributed by atoms with E-state index in [0.29, 0.717) is 13.0 Å². The molecule has 0 aliphatic heterocycles. The Morgan fingerprint density at radius 1 is 1.42 bits per heavy atom. The third-order valence-corrected chi connectivity index (χ3v) is 3.47. The summed E-state index contributed by atoms with van der Waals surface area (Å²) >= 11 is 3.39. The molecule has 1 N–H and O–H groups in total. The Morgan fingerprint density at radius 2 is 2.16 bits per heavy atom. The highest BCUT2D eigenvalue weighted by Crippen LogP contribution is 2.17. The van der Waals surface area contributed by atoms with E-state index in [2.05, 4.69) is 28.2 Å². The maximum absolute atomic E-state index is 11.7. The molecule has 0 atom stereocenters. The average molecular weight is 328 g/mol. The van der Waals surface area contributed by atoms with Gasteiger partial charge in [0.15, 0.2) is 0 Å². The van der Waals surface area contributed by atoms with Crippen molar-refractivity contribution in [1.29, 1.82) is 0 Å². The number of carbonyl (C=O) groups is 1. The molecule has 0 radical (unpaired) electrons. The predicted molar refractivity (Wildman–Crippen MR) is 81.4 cm³/mol. The summed E-state index contributed by atoms with van der Waals surface area (Å²) in [5.74, 6) is 0.911. The quantitative estimate of drug-likeness (QED) is 0.771. The molecule has 0 aliphatic rings. The SMILES string of the molecule is CCC(C)(C)NC(=O)CCCOc1cccc(Br)c1. The molecule has 1 rings (SSSR count). The summed E-state index contributed by atoms with van der Waals surface area (Å²) in [5, 5.41) is 3.01. The first-order chi connectivity index (χ1) is 8.93. The second kappa shape index (κ2) is 7.53. The third kappa shape index (κ3) is 6.62. The Kier molecular flexibility index (Phi) is 6.35. The van der Waals surface area contributed by atoms with E-state index in [9.17, 15) is 4.79 Å². The standard InChI is InChI=1S/C15H22BrNO2/c1-4-15(2,3)17-14(18)9-6-10-19-13-8-5-7-12(16)11-13/h5,7-8,11H,4,6,9-10H2,1-3H3,(H,17,18). The molecule has 19 heavy (non-hydrogen) atoms. The molecular weight excluding hydrogens is 306 g/mol. The van der Waals surface area contributed by atoms with Crippen molar-refractivity contribution < 1.29 is 9.53 Å². The highest BCUT2D eigenvalue weighted by atomic mass is 79.9. The van der Waals surface area contributed by atoms with E-state index in [1.54, 1.807) is 0 Å². The van der Waals surface area contributed by atoms with Crippen LogP contribution in [0.3, 0.4) is 0 Å². The minimum Gasteiger partial charge on any atom is -0.494 e. The first kappa shape index (κ1) is 16.0. The Hall–Kier alpha value is -1.03. The molecule has 1 aromatic rings. The van der Waals surface area contributed by atoms with E-state index < -0.39 is 0 Å². The summed E-state index contributed by atoms with van der Waals surface area (Å²) in [6, 6.07) is 7.70. The topological polar surface area (TPSA) is 38.3 Å². The van der Waals surface area contributed by atoms with Gasteiger partial charge >= 0.3 is 0 Å². The number of carbonyl (C=O) groups excluding carboxylic acids is 1. The van der Waals surface area contributed by atoms with Gasteiger partial charge in [-0.05, 0) is 44.9 Å². The Bertz CT molecular complexity index is 418. The highest BCUT2D eigenvalue weighted by Gasteiger charge is 2.17. The lowest BCUT2D eigenvalue weighted by atomic mass is 10.0. The van der Waals surface area contributed by atoms with E-state index in [0.717, 1.165) is 23.1 Å². The molecule has 0 saturated carbocycles. The predicted octanol–water partition coefficient (Wildman–Crippen LogP) is 3.91. The number of hydrogen-bond acceptors (Lipinski definition) is 2. The number of hydrogen-bond donors (Lipinski definition) is 1. The summed E-state index contributed by atoms with van der Waals surface area (Å²) in [6.07, 6.45) is 2.14. The van der Waals surface area contributed by atoms with Crippen molar-refractivity contribution in [3.63, 3.8) is 0 Å². The minimum atomic E-state index is -0.123. The summed E-state index contributed by atoms with van der Waals surface area (Å²) in [4.78, 5) is 11.7. The number of ether oxygens (including phenoxy) is 1. The van der Waals surface area contributed by atoms with Gasteiger partial charge in [-0.1, -0.05) is 28.9 Å². The van der Waals surface area contributed by atoms with Crippen LogP contribution in [0, 0.1) is 0 Å². The van der Waals surface area contributed by atoms with E-state index in [1.807, 2.05) is 38.1 Å². The lowest BCUT2D eigenvalue weighted by molar-refractivity contribution is -0.122. The summed E-state index contributed by atoms with van der Waals surface area (Å²) in [7, 11) is 0. The van der Waals surface area contributed by atoms with Crippen LogP contribution >= 0.6 is 15.9 Å². The number of rotatable bonds is 7. The zero-order valence-corrected chi connectivity index (χ0v) is 13.4. The van der Waals surface area contributed by atoms with Gasteiger partial charge in [0.25, 0.3) is 0 Å². The second-order valence-electron chi connectivity index (χ2n) is 5.20. The zero-order chi connectivity index (χ0) is 14.3. The minimum absolute atomic E-state index is 0.0877. The monoisotopic (exact) mass is 327 g/mol. The Morgan fingerprint density at radius 3 is 2.79 bits per heavy atom. The molecule has 1 aromatic carbocycles. The van der Waals surface area contributed by atoms with Crippen LogP contribution in [0.4, 0.5) is 0 Å². The van der Waals surface area contributed by atoms with Gasteiger partial charge in [0.2, 0.25) is 5.91 Å². The van der Waals surface area contributed by atoms with Crippen LogP contribution in [0.25, 0.3) is 0 Å². The van der Waals surface area contributed by atoms with Crippen LogP contribution in [0.5, 0.6) is 5.75 Å². The fourth-order valence-corrected chi connectivity index (χ4v) is 1.89. The zero-order valence-electron chi connectivity index (χ0n) is 11.8. The van der Waals surface area contributed by atoms with E-state index >= 15 is 0 Å². The van der Waals surface area contributed by atoms with Crippen LogP contribution in [-0.4, -0.2) is 18.1 Å². The molecule has 0 saturated heterocycles. The highest BCUT2D eigenvalue weighted by molar-refractivity contribution is 9.10. The Balaban J connectivity index is 2.22. The van der Waals surface area contributed by atoms with Gasteiger partial charge < -0.3 is 10.1 Å². The second-order valence-corrected chi connectivity index (χ2v) is 6.11. The Labute approximate surface area is 123 Å². The van der Waals surface area contributed by atoms with Crippen LogP contribution in [0.2, 0.25) is 0 Å². The van der Waals surface area contributed by atoms with Crippen molar-refractivity contribution in [2.45, 2.75) is 45.6 Å². The molecule has 0 aliphatic carbocycles. The van der Waals surface area contributed by atoms with Gasteiger partial charge in [-0.25, -0.2) is 0 Å². The molecule has 0 aromatic heterocycles. The molecule has 0 bridgehead atoms. The molecule has 106 valence electrons. The van der Waals surface area contributed by atoms with Crippen molar-refractivity contribution in [3.05, 3.63) is 28.7 Å². The van der Waals surface area contributed by atoms with Crippen LogP contribution in [0.1, 0.15) is 40.0 Å². The molecule has 0 heterocycles. The van der Waals surface area contributed by atoms with E-state index in [-0.39, 0.29) is 11.4 Å². The van der Waals surface area contributed by atoms with Gasteiger partial charge in [-0.2, -0.15) is 0 Å². The lowest BCUT2D eigenvalue weighted by Crippen LogP contribution is -2.42. The number of benzene rings is 1. The van der Waals surface area contributed by atoms with Crippen molar-refractivity contribution in [2.75, 3.05) is 6.61 Å². The lowest BCUT2D eigenvalue weighted by Gasteiger charge is -2.24. The summed E-state index contributed by atoms with van der Waals surface area (Å²) in [5.41, 5.74) is -0.123. The van der Waals surface area contributed by atoms with Gasteiger partial charge in [-0.3, -0.25) is 4.79 Å². The third-order valence-electron chi connectivity index (χ3n) is 2.97. The number of nitrogens with one attached hydrogen (secondary N) is 1. The van der Waals surface area contributed by atoms with Gasteiger partial charge in [0, 0.05) is 16.4 Å². The smallest absolute Gasteiger partial charge is 0.220 e. The van der Waals surface area contributed by atoms with E-state index in [4.69, 9.17) is 4.74 Å². The molecule has 1 amide bonds. The molecule has 0 fully saturated rings. The van der Waals surface area contributed by atoms with Crippen LogP contribution in [0.15, 0.2) is 28.7 Å². The van der Waals surface area contributed by atoms with Crippen LogP contribution in [-0.2, 0) is 4.79 Å². The fraction of sp³-hybridized carbons (Fsp3) is 0.533. The average Bonchev–Trinajstić information content (AvgIpc) is 2.34. The summed E-state index contributed by atoms with van der Waals surface area (Å²) in [6.45, 7) is 6.68. The maximum Gasteiger partial charge on any atom is 0.220 e. The first-order valence-electron chi connectivity index (χ1n) is 6.62. The first-order valence-corrected chi connectivity index (χ1v) is 7.41. The van der Waals surface area contributed by atoms with Crippen LogP contribution < -0.4 is 10.1 Å². The maximum atomic E-state index is 11.7. The summed E-state index contributed by atoms with van der Waals surface area (Å²) < 4.78 is 6.58. The molecule has 0 unspecified atom stereocenters. The molecular formula is C15H22BrNO2. The van der Waals surface area contributed by atoms with Gasteiger partial charge in [-0.15, -0.1) is 0 Å². The fourth-order valence-electron chi connectivity index (χ4n) is 1.51. The largest absolute Gasteiger partial charge is 0.494 e. The molecule has 3 nitrogen and oxygen atoms in total. The van der Waals surface area contributed by atoms with Crippen molar-refractivity contribution in [3.8, 4) is 5.75 Å². The molecule has 0 spiro atoms. The molecule has 4 heteroatoms. The van der Waals surface area contributed by atoms with Gasteiger partial charge in [0.1, 0.15) is 5.75 Å². The van der Waals surface area contributed by atoms with Gasteiger partial charge in [0.05, 0.1) is 6.61 Å². The normalized spacial score (nSPS) is 11.2. The van der Waals surface area contributed by atoms with Crippen molar-refractivity contribution >= 4 is 21.8 Å². The van der Waals surface area contributed by atoms with Crippen molar-refractivity contribution in [2.24, 2.45) is 0 Å². The number of halogens is 1. The number of amides is 1. The van der Waals surface area contributed by atoms with Crippen molar-refractivity contribution in [1.82, 2.24) is 5.32 Å².